The van der Waals surface area contributed by atoms with Crippen molar-refractivity contribution in [1.29, 1.82) is 0 Å². The minimum atomic E-state index is 0.0492. The van der Waals surface area contributed by atoms with E-state index in [4.69, 9.17) is 0 Å². The highest BCUT2D eigenvalue weighted by Crippen LogP contribution is 2.25. The number of piperidine rings is 1. The standard InChI is InChI=1S/C19H27N5O/c1-3-24(14-8-10-22(2)11-9-14)15-12-23(13-15)19(25)18-16-6-4-5-7-17(16)20-21-18/h4-7,14-15H,3,8-13H2,1-2H3,(H,20,21). The first-order valence-corrected chi connectivity index (χ1v) is 9.34. The van der Waals surface area contributed by atoms with Gasteiger partial charge in [-0.05, 0) is 45.6 Å². The predicted octanol–water partition coefficient (Wildman–Crippen LogP) is 1.80. The number of rotatable bonds is 4. The summed E-state index contributed by atoms with van der Waals surface area (Å²) in [5.74, 6) is 0.0492. The van der Waals surface area contributed by atoms with E-state index in [1.165, 1.54) is 25.9 Å². The minimum absolute atomic E-state index is 0.0492. The summed E-state index contributed by atoms with van der Waals surface area (Å²) in [6.45, 7) is 7.29. The molecule has 1 aromatic carbocycles. The molecular weight excluding hydrogens is 314 g/mol. The zero-order valence-corrected chi connectivity index (χ0v) is 15.1. The molecule has 6 nitrogen and oxygen atoms in total. The van der Waals surface area contributed by atoms with Crippen LogP contribution in [0.4, 0.5) is 0 Å². The second-order valence-corrected chi connectivity index (χ2v) is 7.35. The van der Waals surface area contributed by atoms with Crippen molar-refractivity contribution in [3.05, 3.63) is 30.0 Å². The average molecular weight is 341 g/mol. The van der Waals surface area contributed by atoms with Crippen LogP contribution in [0.2, 0.25) is 0 Å². The highest BCUT2D eigenvalue weighted by Gasteiger charge is 2.38. The third-order valence-corrected chi connectivity index (χ3v) is 5.81. The molecule has 0 aliphatic carbocycles. The van der Waals surface area contributed by atoms with Crippen LogP contribution in [0, 0.1) is 0 Å². The minimum Gasteiger partial charge on any atom is -0.334 e. The third-order valence-electron chi connectivity index (χ3n) is 5.81. The molecule has 25 heavy (non-hydrogen) atoms. The summed E-state index contributed by atoms with van der Waals surface area (Å²) >= 11 is 0. The van der Waals surface area contributed by atoms with E-state index < -0.39 is 0 Å². The SMILES string of the molecule is CCN(C1CCN(C)CC1)C1CN(C(=O)c2n[nH]c3ccccc23)C1. The number of fused-ring (bicyclic) bond motifs is 1. The molecule has 2 aromatic rings. The summed E-state index contributed by atoms with van der Waals surface area (Å²) in [5, 5.41) is 8.13. The van der Waals surface area contributed by atoms with Crippen LogP contribution in [0.25, 0.3) is 10.9 Å². The lowest BCUT2D eigenvalue weighted by molar-refractivity contribution is -0.000185. The second-order valence-electron chi connectivity index (χ2n) is 7.35. The molecule has 0 spiro atoms. The molecule has 1 aromatic heterocycles. The summed E-state index contributed by atoms with van der Waals surface area (Å²) in [6, 6.07) is 8.97. The summed E-state index contributed by atoms with van der Waals surface area (Å²) in [7, 11) is 2.20. The number of nitrogens with one attached hydrogen (secondary N) is 1. The van der Waals surface area contributed by atoms with Crippen molar-refractivity contribution in [3.8, 4) is 0 Å². The van der Waals surface area contributed by atoms with Crippen molar-refractivity contribution >= 4 is 16.8 Å². The first-order chi connectivity index (χ1) is 12.2. The molecule has 6 heteroatoms. The Bertz CT molecular complexity index is 743. The molecule has 2 saturated heterocycles. The van der Waals surface area contributed by atoms with Crippen LogP contribution in [0.3, 0.4) is 0 Å². The Morgan fingerprint density at radius 1 is 1.24 bits per heavy atom. The Balaban J connectivity index is 1.40. The Morgan fingerprint density at radius 3 is 2.68 bits per heavy atom. The van der Waals surface area contributed by atoms with Crippen molar-refractivity contribution in [3.63, 3.8) is 0 Å². The Hall–Kier alpha value is -1.92. The van der Waals surface area contributed by atoms with Crippen LogP contribution in [-0.4, -0.2) is 82.7 Å². The van der Waals surface area contributed by atoms with Crippen molar-refractivity contribution in [2.75, 3.05) is 39.8 Å². The van der Waals surface area contributed by atoms with Gasteiger partial charge in [-0.15, -0.1) is 0 Å². The predicted molar refractivity (Wildman–Crippen MR) is 98.7 cm³/mol. The maximum absolute atomic E-state index is 12.8. The van der Waals surface area contributed by atoms with Crippen LogP contribution < -0.4 is 0 Å². The molecule has 0 atom stereocenters. The van der Waals surface area contributed by atoms with Gasteiger partial charge < -0.3 is 9.80 Å². The van der Waals surface area contributed by atoms with Gasteiger partial charge in [0.25, 0.3) is 5.91 Å². The lowest BCUT2D eigenvalue weighted by Gasteiger charge is -2.49. The Labute approximate surface area is 148 Å². The fourth-order valence-electron chi connectivity index (χ4n) is 4.25. The van der Waals surface area contributed by atoms with E-state index in [0.717, 1.165) is 30.5 Å². The quantitative estimate of drug-likeness (QED) is 0.921. The Kier molecular flexibility index (Phi) is 4.48. The number of carbonyl (C=O) groups is 1. The van der Waals surface area contributed by atoms with E-state index in [1.54, 1.807) is 0 Å². The van der Waals surface area contributed by atoms with Gasteiger partial charge in [0.1, 0.15) is 0 Å². The first-order valence-electron chi connectivity index (χ1n) is 9.34. The van der Waals surface area contributed by atoms with E-state index in [0.29, 0.717) is 17.8 Å². The zero-order valence-electron chi connectivity index (χ0n) is 15.1. The average Bonchev–Trinajstić information content (AvgIpc) is 3.02. The Morgan fingerprint density at radius 2 is 1.96 bits per heavy atom. The molecule has 0 saturated carbocycles. The molecule has 0 radical (unpaired) electrons. The van der Waals surface area contributed by atoms with Crippen LogP contribution in [0.5, 0.6) is 0 Å². The zero-order chi connectivity index (χ0) is 17.4. The van der Waals surface area contributed by atoms with E-state index in [2.05, 4.69) is 34.0 Å². The number of nitrogens with zero attached hydrogens (tertiary/aromatic N) is 4. The molecule has 2 aliphatic rings. The van der Waals surface area contributed by atoms with Crippen LogP contribution in [-0.2, 0) is 0 Å². The number of likely N-dealkylation sites (tertiary alicyclic amines) is 2. The molecule has 4 rings (SSSR count). The normalized spacial score (nSPS) is 20.4. The summed E-state index contributed by atoms with van der Waals surface area (Å²) in [6.07, 6.45) is 2.47. The van der Waals surface area contributed by atoms with Gasteiger partial charge in [-0.2, -0.15) is 5.10 Å². The number of H-pyrrole nitrogens is 1. The summed E-state index contributed by atoms with van der Waals surface area (Å²) in [5.41, 5.74) is 1.47. The van der Waals surface area contributed by atoms with Gasteiger partial charge in [0.05, 0.1) is 5.52 Å². The molecular formula is C19H27N5O. The molecule has 0 unspecified atom stereocenters. The molecule has 1 N–H and O–H groups in total. The van der Waals surface area contributed by atoms with Crippen LogP contribution in [0.1, 0.15) is 30.3 Å². The number of hydrogen-bond donors (Lipinski definition) is 1. The molecule has 2 fully saturated rings. The van der Waals surface area contributed by atoms with Gasteiger partial charge in [0, 0.05) is 30.6 Å². The highest BCUT2D eigenvalue weighted by molar-refractivity contribution is 6.04. The van der Waals surface area contributed by atoms with E-state index in [-0.39, 0.29) is 5.91 Å². The molecule has 2 aliphatic heterocycles. The van der Waals surface area contributed by atoms with E-state index in [9.17, 15) is 4.79 Å². The van der Waals surface area contributed by atoms with Crippen molar-refractivity contribution < 1.29 is 4.79 Å². The number of likely N-dealkylation sites (N-methyl/N-ethyl adjacent to an activating group) is 1. The van der Waals surface area contributed by atoms with Crippen LogP contribution in [0.15, 0.2) is 24.3 Å². The number of benzene rings is 1. The third kappa shape index (κ3) is 3.04. The van der Waals surface area contributed by atoms with Crippen molar-refractivity contribution in [2.24, 2.45) is 0 Å². The van der Waals surface area contributed by atoms with Gasteiger partial charge in [0.2, 0.25) is 0 Å². The van der Waals surface area contributed by atoms with Crippen molar-refractivity contribution in [2.45, 2.75) is 31.8 Å². The van der Waals surface area contributed by atoms with E-state index in [1.807, 2.05) is 29.2 Å². The van der Waals surface area contributed by atoms with Gasteiger partial charge in [-0.3, -0.25) is 14.8 Å². The fraction of sp³-hybridized carbons (Fsp3) is 0.579. The maximum Gasteiger partial charge on any atom is 0.275 e. The number of amides is 1. The fourth-order valence-corrected chi connectivity index (χ4v) is 4.25. The molecule has 134 valence electrons. The largest absolute Gasteiger partial charge is 0.334 e. The topological polar surface area (TPSA) is 55.5 Å². The lowest BCUT2D eigenvalue weighted by atomic mass is 9.98. The number of hydrogen-bond acceptors (Lipinski definition) is 4. The molecule has 1 amide bonds. The lowest BCUT2D eigenvalue weighted by Crippen LogP contribution is -2.63. The summed E-state index contributed by atoms with van der Waals surface area (Å²) < 4.78 is 0. The highest BCUT2D eigenvalue weighted by atomic mass is 16.2. The number of para-hydroxylation sites is 1. The maximum atomic E-state index is 12.8. The van der Waals surface area contributed by atoms with Gasteiger partial charge in [-0.25, -0.2) is 0 Å². The smallest absolute Gasteiger partial charge is 0.275 e. The van der Waals surface area contributed by atoms with Crippen LogP contribution >= 0.6 is 0 Å². The molecule has 0 bridgehead atoms. The van der Waals surface area contributed by atoms with Gasteiger partial charge >= 0.3 is 0 Å². The second kappa shape index (κ2) is 6.77. The monoisotopic (exact) mass is 341 g/mol. The van der Waals surface area contributed by atoms with E-state index >= 15 is 0 Å². The van der Waals surface area contributed by atoms with Gasteiger partial charge in [0.15, 0.2) is 5.69 Å². The number of aromatic nitrogens is 2. The molecule has 3 heterocycles. The first kappa shape index (κ1) is 16.5. The summed E-state index contributed by atoms with van der Waals surface area (Å²) in [4.78, 5) is 19.7. The van der Waals surface area contributed by atoms with Crippen molar-refractivity contribution in [1.82, 2.24) is 24.9 Å². The van der Waals surface area contributed by atoms with Gasteiger partial charge in [-0.1, -0.05) is 25.1 Å². The number of carbonyl (C=O) groups excluding carboxylic acids is 1. The number of aromatic amines is 1.